The Bertz CT molecular complexity index is 743. The second-order valence-electron chi connectivity index (χ2n) is 4.68. The minimum Gasteiger partial charge on any atom is -0.508 e. The van der Waals surface area contributed by atoms with Crippen LogP contribution < -0.4 is 10.6 Å². The van der Waals surface area contributed by atoms with Crippen LogP contribution in [-0.2, 0) is 4.79 Å². The van der Waals surface area contributed by atoms with E-state index in [0.717, 1.165) is 5.56 Å². The van der Waals surface area contributed by atoms with Crippen LogP contribution in [0.5, 0.6) is 5.75 Å². The Hall–Kier alpha value is -3.26. The molecule has 0 unspecified atom stereocenters. The average Bonchev–Trinajstić information content (AvgIpc) is 2.50. The van der Waals surface area contributed by atoms with E-state index in [1.807, 2.05) is 25.1 Å². The van der Waals surface area contributed by atoms with Crippen LogP contribution in [0.3, 0.4) is 0 Å². The van der Waals surface area contributed by atoms with E-state index in [1.54, 1.807) is 24.3 Å². The van der Waals surface area contributed by atoms with Crippen LogP contribution in [0.25, 0.3) is 0 Å². The van der Waals surface area contributed by atoms with Gasteiger partial charge in [-0.3, -0.25) is 4.79 Å². The number of nitrogens with one attached hydrogen (secondary N) is 2. The molecule has 0 aliphatic heterocycles. The van der Waals surface area contributed by atoms with Gasteiger partial charge in [-0.25, -0.2) is 0 Å². The molecule has 110 valence electrons. The molecule has 2 rings (SSSR count). The van der Waals surface area contributed by atoms with E-state index in [-0.39, 0.29) is 11.3 Å². The number of hydrogen-bond donors (Lipinski definition) is 3. The van der Waals surface area contributed by atoms with Gasteiger partial charge in [-0.05, 0) is 31.2 Å². The van der Waals surface area contributed by atoms with Gasteiger partial charge in [0.1, 0.15) is 17.4 Å². The molecule has 0 saturated heterocycles. The first-order chi connectivity index (χ1) is 10.6. The number of carbonyl (C=O) groups is 1. The second-order valence-corrected chi connectivity index (χ2v) is 4.68. The molecular weight excluding hydrogens is 278 g/mol. The number of nitriles is 1. The maximum atomic E-state index is 12.0. The van der Waals surface area contributed by atoms with Crippen molar-refractivity contribution in [1.82, 2.24) is 0 Å². The molecule has 0 aliphatic carbocycles. The summed E-state index contributed by atoms with van der Waals surface area (Å²) in [6, 6.07) is 15.5. The number of phenols is 1. The first-order valence-corrected chi connectivity index (χ1v) is 6.62. The molecule has 1 amide bonds. The van der Waals surface area contributed by atoms with E-state index >= 15 is 0 Å². The Morgan fingerprint density at radius 2 is 1.91 bits per heavy atom. The third-order valence-electron chi connectivity index (χ3n) is 2.90. The lowest BCUT2D eigenvalue weighted by Crippen LogP contribution is -2.14. The summed E-state index contributed by atoms with van der Waals surface area (Å²) >= 11 is 0. The van der Waals surface area contributed by atoms with Crippen LogP contribution in [0.4, 0.5) is 11.4 Å². The highest BCUT2D eigenvalue weighted by Gasteiger charge is 2.09. The van der Waals surface area contributed by atoms with E-state index in [9.17, 15) is 9.90 Å². The van der Waals surface area contributed by atoms with Gasteiger partial charge in [-0.15, -0.1) is 0 Å². The lowest BCUT2D eigenvalue weighted by atomic mass is 10.2. The van der Waals surface area contributed by atoms with Gasteiger partial charge < -0.3 is 15.7 Å². The first kappa shape index (κ1) is 15.1. The lowest BCUT2D eigenvalue weighted by Gasteiger charge is -2.05. The molecule has 3 N–H and O–H groups in total. The number of amides is 1. The normalized spacial score (nSPS) is 10.6. The topological polar surface area (TPSA) is 85.2 Å². The quantitative estimate of drug-likeness (QED) is 0.597. The van der Waals surface area contributed by atoms with Gasteiger partial charge in [0.15, 0.2) is 0 Å². The van der Waals surface area contributed by atoms with Gasteiger partial charge in [0.2, 0.25) is 0 Å². The van der Waals surface area contributed by atoms with Gasteiger partial charge in [0.25, 0.3) is 5.91 Å². The third kappa shape index (κ3) is 4.12. The van der Waals surface area contributed by atoms with Crippen LogP contribution in [0.2, 0.25) is 0 Å². The van der Waals surface area contributed by atoms with Crippen molar-refractivity contribution in [2.24, 2.45) is 0 Å². The minimum atomic E-state index is -0.501. The highest BCUT2D eigenvalue weighted by atomic mass is 16.3. The van der Waals surface area contributed by atoms with E-state index in [2.05, 4.69) is 10.6 Å². The summed E-state index contributed by atoms with van der Waals surface area (Å²) in [5.74, 6) is -0.403. The molecule has 0 bridgehead atoms. The molecule has 22 heavy (non-hydrogen) atoms. The first-order valence-electron chi connectivity index (χ1n) is 6.62. The molecule has 0 fully saturated rings. The number of benzene rings is 2. The van der Waals surface area contributed by atoms with Gasteiger partial charge in [0, 0.05) is 23.6 Å². The zero-order valence-electron chi connectivity index (χ0n) is 12.0. The van der Waals surface area contributed by atoms with Crippen molar-refractivity contribution in [3.8, 4) is 11.8 Å². The van der Waals surface area contributed by atoms with Crippen LogP contribution in [0.15, 0.2) is 60.3 Å². The van der Waals surface area contributed by atoms with Crippen molar-refractivity contribution in [1.29, 1.82) is 5.26 Å². The van der Waals surface area contributed by atoms with Gasteiger partial charge in [-0.2, -0.15) is 5.26 Å². The molecule has 5 heteroatoms. The molecular formula is C17H15N3O2. The number of aromatic hydroxyl groups is 1. The number of nitrogens with zero attached hydrogens (tertiary/aromatic N) is 1. The van der Waals surface area contributed by atoms with Crippen molar-refractivity contribution in [3.63, 3.8) is 0 Å². The highest BCUT2D eigenvalue weighted by Crippen LogP contribution is 2.16. The molecule has 0 atom stereocenters. The molecule has 0 spiro atoms. The molecule has 2 aromatic rings. The Morgan fingerprint density at radius 1 is 1.18 bits per heavy atom. The fraction of sp³-hybridized carbons (Fsp3) is 0.0588. The van der Waals surface area contributed by atoms with Crippen LogP contribution in [-0.4, -0.2) is 11.0 Å². The lowest BCUT2D eigenvalue weighted by molar-refractivity contribution is -0.112. The van der Waals surface area contributed by atoms with Gasteiger partial charge >= 0.3 is 0 Å². The van der Waals surface area contributed by atoms with Crippen LogP contribution in [0, 0.1) is 18.3 Å². The predicted molar refractivity (Wildman–Crippen MR) is 85.2 cm³/mol. The molecule has 5 nitrogen and oxygen atoms in total. The summed E-state index contributed by atoms with van der Waals surface area (Å²) in [5.41, 5.74) is 2.22. The predicted octanol–water partition coefficient (Wildman–Crippen LogP) is 3.16. The van der Waals surface area contributed by atoms with E-state index in [1.165, 1.54) is 18.3 Å². The largest absolute Gasteiger partial charge is 0.508 e. The van der Waals surface area contributed by atoms with E-state index < -0.39 is 5.91 Å². The SMILES string of the molecule is Cc1ccc(NC(=O)/C(C#N)=C/Nc2cccc(O)c2)cc1. The van der Waals surface area contributed by atoms with Crippen molar-refractivity contribution >= 4 is 17.3 Å². The Kier molecular flexibility index (Phi) is 4.78. The zero-order chi connectivity index (χ0) is 15.9. The van der Waals surface area contributed by atoms with Crippen LogP contribution >= 0.6 is 0 Å². The summed E-state index contributed by atoms with van der Waals surface area (Å²) in [4.78, 5) is 12.0. The summed E-state index contributed by atoms with van der Waals surface area (Å²) in [6.07, 6.45) is 1.30. The Balaban J connectivity index is 2.07. The van der Waals surface area contributed by atoms with Crippen molar-refractivity contribution in [2.75, 3.05) is 10.6 Å². The number of anilines is 2. The average molecular weight is 293 g/mol. The number of rotatable bonds is 4. The standard InChI is InChI=1S/C17H15N3O2/c1-12-5-7-14(8-6-12)20-17(22)13(10-18)11-19-15-3-2-4-16(21)9-15/h2-9,11,19,21H,1H3,(H,20,22)/b13-11+. The van der Waals surface area contributed by atoms with Gasteiger partial charge in [-0.1, -0.05) is 23.8 Å². The molecule has 0 radical (unpaired) electrons. The molecule has 0 saturated carbocycles. The number of phenolic OH excluding ortho intramolecular Hbond substituents is 1. The molecule has 0 aromatic heterocycles. The number of aryl methyl sites for hydroxylation is 1. The summed E-state index contributed by atoms with van der Waals surface area (Å²) in [7, 11) is 0. The fourth-order valence-electron chi connectivity index (χ4n) is 1.74. The third-order valence-corrected chi connectivity index (χ3v) is 2.90. The molecule has 2 aromatic carbocycles. The Labute approximate surface area is 128 Å². The van der Waals surface area contributed by atoms with Crippen molar-refractivity contribution in [2.45, 2.75) is 6.92 Å². The number of hydrogen-bond acceptors (Lipinski definition) is 4. The monoisotopic (exact) mass is 293 g/mol. The minimum absolute atomic E-state index is 0.0658. The number of carbonyl (C=O) groups excluding carboxylic acids is 1. The van der Waals surface area contributed by atoms with Crippen molar-refractivity contribution < 1.29 is 9.90 Å². The maximum Gasteiger partial charge on any atom is 0.267 e. The highest BCUT2D eigenvalue weighted by molar-refractivity contribution is 6.06. The Morgan fingerprint density at radius 3 is 2.55 bits per heavy atom. The molecule has 0 heterocycles. The van der Waals surface area contributed by atoms with E-state index in [4.69, 9.17) is 5.26 Å². The second kappa shape index (κ2) is 6.95. The van der Waals surface area contributed by atoms with Gasteiger partial charge in [0.05, 0.1) is 0 Å². The maximum absolute atomic E-state index is 12.0. The summed E-state index contributed by atoms with van der Waals surface area (Å²) in [5, 5.41) is 23.9. The fourth-order valence-corrected chi connectivity index (χ4v) is 1.74. The summed E-state index contributed by atoms with van der Waals surface area (Å²) in [6.45, 7) is 1.95. The van der Waals surface area contributed by atoms with Crippen molar-refractivity contribution in [3.05, 3.63) is 65.9 Å². The molecule has 0 aliphatic rings. The smallest absolute Gasteiger partial charge is 0.267 e. The van der Waals surface area contributed by atoms with E-state index in [0.29, 0.717) is 11.4 Å². The van der Waals surface area contributed by atoms with Crippen LogP contribution in [0.1, 0.15) is 5.56 Å². The summed E-state index contributed by atoms with van der Waals surface area (Å²) < 4.78 is 0. The zero-order valence-corrected chi connectivity index (χ0v) is 12.0.